The highest BCUT2D eigenvalue weighted by Crippen LogP contribution is 2.13. The number of hydrazine groups is 1. The van der Waals surface area contributed by atoms with E-state index in [0.29, 0.717) is 35.1 Å². The van der Waals surface area contributed by atoms with Gasteiger partial charge in [0.25, 0.3) is 11.8 Å². The fourth-order valence-electron chi connectivity index (χ4n) is 2.35. The van der Waals surface area contributed by atoms with Crippen LogP contribution in [0.25, 0.3) is 0 Å². The van der Waals surface area contributed by atoms with Gasteiger partial charge in [-0.3, -0.25) is 30.6 Å². The minimum atomic E-state index is -0.449. The van der Waals surface area contributed by atoms with E-state index in [1.807, 2.05) is 0 Å². The molecule has 0 heterocycles. The number of nitrogens with one attached hydrogen (secondary N) is 4. The van der Waals surface area contributed by atoms with Gasteiger partial charge >= 0.3 is 0 Å². The summed E-state index contributed by atoms with van der Waals surface area (Å²) in [5.74, 6) is -0.0389. The number of amides is 3. The smallest absolute Gasteiger partial charge is 0.269 e. The average Bonchev–Trinajstić information content (AvgIpc) is 2.76. The summed E-state index contributed by atoms with van der Waals surface area (Å²) in [5.41, 5.74) is 6.26. The predicted molar refractivity (Wildman–Crippen MR) is 127 cm³/mol. The zero-order valence-corrected chi connectivity index (χ0v) is 19.3. The molecule has 4 N–H and O–H groups in total. The minimum Gasteiger partial charge on any atom is -0.493 e. The van der Waals surface area contributed by atoms with Crippen LogP contribution >= 0.6 is 12.2 Å². The van der Waals surface area contributed by atoms with Gasteiger partial charge in [-0.05, 0) is 66.7 Å². The fraction of sp³-hybridized carbons (Fsp3) is 0.304. The first-order chi connectivity index (χ1) is 15.2. The molecule has 8 nitrogen and oxygen atoms in total. The Kier molecular flexibility index (Phi) is 9.15. The third kappa shape index (κ3) is 7.99. The van der Waals surface area contributed by atoms with E-state index >= 15 is 0 Å². The molecule has 3 amide bonds. The molecule has 0 atom stereocenters. The van der Waals surface area contributed by atoms with Crippen LogP contribution in [0.3, 0.4) is 0 Å². The van der Waals surface area contributed by atoms with E-state index in [1.54, 1.807) is 62.4 Å². The molecule has 2 aromatic carbocycles. The zero-order chi connectivity index (χ0) is 23.7. The summed E-state index contributed by atoms with van der Waals surface area (Å²) in [6.07, 6.45) is 0. The van der Waals surface area contributed by atoms with Crippen molar-refractivity contribution in [2.75, 3.05) is 11.9 Å². The lowest BCUT2D eigenvalue weighted by Crippen LogP contribution is -2.48. The van der Waals surface area contributed by atoms with E-state index in [1.165, 1.54) is 0 Å². The monoisotopic (exact) mass is 456 g/mol. The normalized spacial score (nSPS) is 10.4. The van der Waals surface area contributed by atoms with E-state index in [-0.39, 0.29) is 16.9 Å². The molecule has 0 saturated carbocycles. The third-order valence-corrected chi connectivity index (χ3v) is 4.36. The highest BCUT2D eigenvalue weighted by molar-refractivity contribution is 7.80. The zero-order valence-electron chi connectivity index (χ0n) is 18.5. The number of carbonyl (C=O) groups is 3. The predicted octanol–water partition coefficient (Wildman–Crippen LogP) is 3.27. The van der Waals surface area contributed by atoms with Crippen LogP contribution in [-0.4, -0.2) is 29.4 Å². The second-order valence-electron chi connectivity index (χ2n) is 7.81. The Balaban J connectivity index is 1.81. The van der Waals surface area contributed by atoms with Crippen LogP contribution in [0.5, 0.6) is 5.75 Å². The van der Waals surface area contributed by atoms with Gasteiger partial charge in [-0.2, -0.15) is 0 Å². The first kappa shape index (κ1) is 24.8. The van der Waals surface area contributed by atoms with Crippen LogP contribution in [0.1, 0.15) is 48.4 Å². The number of anilines is 1. The molecule has 9 heteroatoms. The van der Waals surface area contributed by atoms with Crippen molar-refractivity contribution in [2.45, 2.75) is 27.7 Å². The van der Waals surface area contributed by atoms with E-state index < -0.39 is 11.8 Å². The molecular formula is C23H28N4O4S. The van der Waals surface area contributed by atoms with Gasteiger partial charge in [0, 0.05) is 22.7 Å². The van der Waals surface area contributed by atoms with Gasteiger partial charge in [0.1, 0.15) is 5.75 Å². The van der Waals surface area contributed by atoms with E-state index in [2.05, 4.69) is 35.3 Å². The Hall–Kier alpha value is -3.46. The number of carbonyl (C=O) groups excluding carboxylic acids is 3. The van der Waals surface area contributed by atoms with Gasteiger partial charge in [-0.1, -0.05) is 27.7 Å². The van der Waals surface area contributed by atoms with Crippen molar-refractivity contribution in [3.05, 3.63) is 59.7 Å². The van der Waals surface area contributed by atoms with Crippen LogP contribution in [-0.2, 0) is 4.79 Å². The second-order valence-corrected chi connectivity index (χ2v) is 8.22. The Morgan fingerprint density at radius 3 is 1.97 bits per heavy atom. The Morgan fingerprint density at radius 2 is 1.41 bits per heavy atom. The van der Waals surface area contributed by atoms with Crippen molar-refractivity contribution in [1.82, 2.24) is 16.2 Å². The van der Waals surface area contributed by atoms with Crippen molar-refractivity contribution in [3.63, 3.8) is 0 Å². The molecule has 0 saturated heterocycles. The lowest BCUT2D eigenvalue weighted by atomic mass is 10.1. The first-order valence-corrected chi connectivity index (χ1v) is 10.6. The van der Waals surface area contributed by atoms with Gasteiger partial charge in [0.15, 0.2) is 5.11 Å². The van der Waals surface area contributed by atoms with Crippen LogP contribution in [0, 0.1) is 11.8 Å². The van der Waals surface area contributed by atoms with Crippen molar-refractivity contribution >= 4 is 40.7 Å². The summed E-state index contributed by atoms with van der Waals surface area (Å²) in [5, 5.41) is 5.19. The molecule has 0 fully saturated rings. The van der Waals surface area contributed by atoms with Crippen LogP contribution in [0.4, 0.5) is 5.69 Å². The number of benzene rings is 2. The molecule has 0 unspecified atom stereocenters. The molecule has 0 aliphatic carbocycles. The maximum absolute atomic E-state index is 12.3. The van der Waals surface area contributed by atoms with Gasteiger partial charge in [-0.25, -0.2) is 0 Å². The largest absolute Gasteiger partial charge is 0.493 e. The van der Waals surface area contributed by atoms with Gasteiger partial charge < -0.3 is 10.1 Å². The molecule has 0 aromatic heterocycles. The second kappa shape index (κ2) is 11.8. The van der Waals surface area contributed by atoms with Crippen LogP contribution in [0.2, 0.25) is 0 Å². The molecule has 170 valence electrons. The quantitative estimate of drug-likeness (QED) is 0.376. The minimum absolute atomic E-state index is 0.0516. The van der Waals surface area contributed by atoms with Crippen molar-refractivity contribution in [1.29, 1.82) is 0 Å². The summed E-state index contributed by atoms with van der Waals surface area (Å²) in [7, 11) is 0. The molecule has 0 radical (unpaired) electrons. The first-order valence-electron chi connectivity index (χ1n) is 10.2. The standard InChI is InChI=1S/C23H28N4O4S/c1-14(2)13-31-19-11-7-16(8-12-19)21(29)25-23(32)27-26-22(30)17-5-9-18(10-6-17)24-20(28)15(3)4/h5-12,14-15H,13H2,1-4H3,(H,24,28)(H,26,30)(H2,25,27,29,32). The molecule has 2 rings (SSSR count). The summed E-state index contributed by atoms with van der Waals surface area (Å²) in [6, 6.07) is 13.1. The average molecular weight is 457 g/mol. The number of hydrogen-bond donors (Lipinski definition) is 4. The molecule has 0 aliphatic heterocycles. The molecule has 0 bridgehead atoms. The van der Waals surface area contributed by atoms with Crippen molar-refractivity contribution < 1.29 is 19.1 Å². The number of hydrogen-bond acceptors (Lipinski definition) is 5. The maximum Gasteiger partial charge on any atom is 0.269 e. The van der Waals surface area contributed by atoms with Crippen molar-refractivity contribution in [3.8, 4) is 5.75 Å². The summed E-state index contributed by atoms with van der Waals surface area (Å²) in [4.78, 5) is 36.3. The lowest BCUT2D eigenvalue weighted by Gasteiger charge is -2.12. The lowest BCUT2D eigenvalue weighted by molar-refractivity contribution is -0.118. The fourth-order valence-corrected chi connectivity index (χ4v) is 2.49. The SMILES string of the molecule is CC(C)COc1ccc(C(=O)NC(=S)NNC(=O)c2ccc(NC(=O)C(C)C)cc2)cc1. The summed E-state index contributed by atoms with van der Waals surface area (Å²) in [6.45, 7) is 8.28. The van der Waals surface area contributed by atoms with Gasteiger partial charge in [0.2, 0.25) is 5.91 Å². The number of rotatable bonds is 7. The number of thiocarbonyl (C=S) groups is 1. The van der Waals surface area contributed by atoms with E-state index in [0.717, 1.165) is 0 Å². The Morgan fingerprint density at radius 1 is 0.844 bits per heavy atom. The Labute approximate surface area is 193 Å². The van der Waals surface area contributed by atoms with Crippen LogP contribution < -0.4 is 26.2 Å². The van der Waals surface area contributed by atoms with Gasteiger partial charge in [-0.15, -0.1) is 0 Å². The number of ether oxygens (including phenoxy) is 1. The van der Waals surface area contributed by atoms with Gasteiger partial charge in [0.05, 0.1) is 6.61 Å². The molecule has 2 aromatic rings. The molecular weight excluding hydrogens is 428 g/mol. The maximum atomic E-state index is 12.3. The van der Waals surface area contributed by atoms with Crippen molar-refractivity contribution in [2.24, 2.45) is 11.8 Å². The summed E-state index contributed by atoms with van der Waals surface area (Å²) >= 11 is 5.06. The molecule has 0 spiro atoms. The third-order valence-electron chi connectivity index (χ3n) is 4.16. The Bertz CT molecular complexity index is 957. The van der Waals surface area contributed by atoms with E-state index in [4.69, 9.17) is 17.0 Å². The topological polar surface area (TPSA) is 109 Å². The summed E-state index contributed by atoms with van der Waals surface area (Å²) < 4.78 is 5.59. The highest BCUT2D eigenvalue weighted by Gasteiger charge is 2.11. The highest BCUT2D eigenvalue weighted by atomic mass is 32.1. The molecule has 0 aliphatic rings. The van der Waals surface area contributed by atoms with E-state index in [9.17, 15) is 14.4 Å². The van der Waals surface area contributed by atoms with Crippen LogP contribution in [0.15, 0.2) is 48.5 Å². The molecule has 32 heavy (non-hydrogen) atoms.